The Bertz CT molecular complexity index is 386. The first kappa shape index (κ1) is 11.8. The van der Waals surface area contributed by atoms with Crippen molar-refractivity contribution in [3.8, 4) is 11.5 Å². The van der Waals surface area contributed by atoms with E-state index in [0.717, 1.165) is 17.4 Å². The van der Waals surface area contributed by atoms with Crippen molar-refractivity contribution in [1.82, 2.24) is 0 Å². The standard InChI is InChI=1S/C13H17BrO2/c1-8-6-11(15-2)12(16-3)7-10(8)13(14)9-4-5-9/h6-7,9,13H,4-5H2,1-3H3. The molecule has 88 valence electrons. The Hall–Kier alpha value is -0.700. The predicted molar refractivity (Wildman–Crippen MR) is 68.7 cm³/mol. The molecule has 1 aliphatic rings. The molecule has 1 atom stereocenters. The molecule has 0 spiro atoms. The Balaban J connectivity index is 2.37. The zero-order chi connectivity index (χ0) is 11.7. The van der Waals surface area contributed by atoms with Crippen molar-refractivity contribution < 1.29 is 9.47 Å². The summed E-state index contributed by atoms with van der Waals surface area (Å²) < 4.78 is 10.6. The van der Waals surface area contributed by atoms with E-state index in [4.69, 9.17) is 9.47 Å². The van der Waals surface area contributed by atoms with Gasteiger partial charge in [-0.15, -0.1) is 0 Å². The number of ether oxygens (including phenoxy) is 2. The third-order valence-corrected chi connectivity index (χ3v) is 4.35. The van der Waals surface area contributed by atoms with Crippen LogP contribution in [0.25, 0.3) is 0 Å². The average Bonchev–Trinajstić information content (AvgIpc) is 3.11. The van der Waals surface area contributed by atoms with Gasteiger partial charge in [-0.3, -0.25) is 0 Å². The van der Waals surface area contributed by atoms with Crippen LogP contribution in [0.4, 0.5) is 0 Å². The highest BCUT2D eigenvalue weighted by atomic mass is 79.9. The van der Waals surface area contributed by atoms with Crippen LogP contribution >= 0.6 is 15.9 Å². The first-order chi connectivity index (χ1) is 7.67. The quantitative estimate of drug-likeness (QED) is 0.782. The molecule has 16 heavy (non-hydrogen) atoms. The van der Waals surface area contributed by atoms with Gasteiger partial charge in [-0.25, -0.2) is 0 Å². The molecular formula is C13H17BrO2. The summed E-state index contributed by atoms with van der Waals surface area (Å²) in [6, 6.07) is 4.14. The second-order valence-electron chi connectivity index (χ2n) is 4.30. The van der Waals surface area contributed by atoms with Crippen LogP contribution in [-0.2, 0) is 0 Å². The molecule has 0 bridgehead atoms. The molecular weight excluding hydrogens is 268 g/mol. The average molecular weight is 285 g/mol. The van der Waals surface area contributed by atoms with Crippen LogP contribution in [0.15, 0.2) is 12.1 Å². The molecule has 0 heterocycles. The molecule has 0 amide bonds. The van der Waals surface area contributed by atoms with Crippen LogP contribution in [0.1, 0.15) is 28.8 Å². The van der Waals surface area contributed by atoms with E-state index >= 15 is 0 Å². The van der Waals surface area contributed by atoms with Crippen molar-refractivity contribution >= 4 is 15.9 Å². The van der Waals surface area contributed by atoms with Crippen molar-refractivity contribution in [1.29, 1.82) is 0 Å². The van der Waals surface area contributed by atoms with Gasteiger partial charge >= 0.3 is 0 Å². The summed E-state index contributed by atoms with van der Waals surface area (Å²) in [5.74, 6) is 2.41. The number of halogens is 1. The van der Waals surface area contributed by atoms with Crippen molar-refractivity contribution in [2.45, 2.75) is 24.6 Å². The second-order valence-corrected chi connectivity index (χ2v) is 5.29. The molecule has 1 aromatic rings. The molecule has 1 saturated carbocycles. The summed E-state index contributed by atoms with van der Waals surface area (Å²) in [6.07, 6.45) is 2.65. The number of alkyl halides is 1. The van der Waals surface area contributed by atoms with Gasteiger partial charge in [-0.05, 0) is 48.9 Å². The monoisotopic (exact) mass is 284 g/mol. The fourth-order valence-electron chi connectivity index (χ4n) is 1.94. The number of hydrogen-bond donors (Lipinski definition) is 0. The van der Waals surface area contributed by atoms with Crippen LogP contribution in [-0.4, -0.2) is 14.2 Å². The van der Waals surface area contributed by atoms with Crippen LogP contribution in [0.5, 0.6) is 11.5 Å². The van der Waals surface area contributed by atoms with E-state index in [-0.39, 0.29) is 0 Å². The van der Waals surface area contributed by atoms with Gasteiger partial charge in [-0.2, -0.15) is 0 Å². The number of aryl methyl sites for hydroxylation is 1. The SMILES string of the molecule is COc1cc(C)c(C(Br)C2CC2)cc1OC. The summed E-state index contributed by atoms with van der Waals surface area (Å²) in [5, 5.41) is 0. The summed E-state index contributed by atoms with van der Waals surface area (Å²) in [5.41, 5.74) is 2.58. The molecule has 1 aromatic carbocycles. The Morgan fingerprint density at radius 1 is 1.19 bits per heavy atom. The van der Waals surface area contributed by atoms with Crippen LogP contribution in [0.3, 0.4) is 0 Å². The molecule has 2 nitrogen and oxygen atoms in total. The largest absolute Gasteiger partial charge is 0.493 e. The Labute approximate surface area is 105 Å². The summed E-state index contributed by atoms with van der Waals surface area (Å²) >= 11 is 3.78. The van der Waals surface area contributed by atoms with Gasteiger partial charge in [0.1, 0.15) is 0 Å². The van der Waals surface area contributed by atoms with Gasteiger partial charge in [0.25, 0.3) is 0 Å². The summed E-state index contributed by atoms with van der Waals surface area (Å²) in [7, 11) is 3.35. The highest BCUT2D eigenvalue weighted by molar-refractivity contribution is 9.09. The van der Waals surface area contributed by atoms with Crippen molar-refractivity contribution in [3.05, 3.63) is 23.3 Å². The highest BCUT2D eigenvalue weighted by Crippen LogP contribution is 2.48. The molecule has 0 saturated heterocycles. The number of methoxy groups -OCH3 is 2. The van der Waals surface area contributed by atoms with Gasteiger partial charge in [0.05, 0.1) is 14.2 Å². The third-order valence-electron chi connectivity index (χ3n) is 3.11. The van der Waals surface area contributed by atoms with E-state index in [1.165, 1.54) is 24.0 Å². The van der Waals surface area contributed by atoms with E-state index in [1.807, 2.05) is 6.07 Å². The smallest absolute Gasteiger partial charge is 0.161 e. The fraction of sp³-hybridized carbons (Fsp3) is 0.538. The van der Waals surface area contributed by atoms with Gasteiger partial charge in [0.15, 0.2) is 11.5 Å². The van der Waals surface area contributed by atoms with E-state index < -0.39 is 0 Å². The first-order valence-corrected chi connectivity index (χ1v) is 6.45. The third kappa shape index (κ3) is 2.19. The maximum atomic E-state index is 5.34. The normalized spacial score (nSPS) is 17.0. The number of benzene rings is 1. The van der Waals surface area contributed by atoms with E-state index in [2.05, 4.69) is 28.9 Å². The molecule has 1 aliphatic carbocycles. The molecule has 0 aliphatic heterocycles. The maximum Gasteiger partial charge on any atom is 0.161 e. The van der Waals surface area contributed by atoms with Gasteiger partial charge in [0.2, 0.25) is 0 Å². The maximum absolute atomic E-state index is 5.34. The molecule has 0 aromatic heterocycles. The number of hydrogen-bond acceptors (Lipinski definition) is 2. The first-order valence-electron chi connectivity index (χ1n) is 5.54. The fourth-order valence-corrected chi connectivity index (χ4v) is 2.96. The minimum atomic E-state index is 0.451. The molecule has 0 N–H and O–H groups in total. The molecule has 1 fully saturated rings. The van der Waals surface area contributed by atoms with Gasteiger partial charge in [0, 0.05) is 4.83 Å². The predicted octanol–water partition coefficient (Wildman–Crippen LogP) is 3.86. The van der Waals surface area contributed by atoms with Crippen molar-refractivity contribution in [2.75, 3.05) is 14.2 Å². The molecule has 3 heteroatoms. The summed E-state index contributed by atoms with van der Waals surface area (Å²) in [6.45, 7) is 2.12. The van der Waals surface area contributed by atoms with Crippen molar-refractivity contribution in [3.63, 3.8) is 0 Å². The van der Waals surface area contributed by atoms with Crippen molar-refractivity contribution in [2.24, 2.45) is 5.92 Å². The Morgan fingerprint density at radius 3 is 2.25 bits per heavy atom. The van der Waals surface area contributed by atoms with E-state index in [0.29, 0.717) is 4.83 Å². The van der Waals surface area contributed by atoms with Crippen LogP contribution in [0.2, 0.25) is 0 Å². The Kier molecular flexibility index (Phi) is 3.43. The lowest BCUT2D eigenvalue weighted by atomic mass is 10.0. The second kappa shape index (κ2) is 4.66. The molecule has 2 rings (SSSR count). The van der Waals surface area contributed by atoms with E-state index in [9.17, 15) is 0 Å². The minimum Gasteiger partial charge on any atom is -0.493 e. The van der Waals surface area contributed by atoms with Gasteiger partial charge < -0.3 is 9.47 Å². The van der Waals surface area contributed by atoms with E-state index in [1.54, 1.807) is 14.2 Å². The highest BCUT2D eigenvalue weighted by Gasteiger charge is 2.31. The lowest BCUT2D eigenvalue weighted by molar-refractivity contribution is 0.354. The lowest BCUT2D eigenvalue weighted by Crippen LogP contribution is -1.99. The lowest BCUT2D eigenvalue weighted by Gasteiger charge is -2.16. The zero-order valence-electron chi connectivity index (χ0n) is 9.92. The molecule has 1 unspecified atom stereocenters. The topological polar surface area (TPSA) is 18.5 Å². The van der Waals surface area contributed by atoms with Crippen LogP contribution < -0.4 is 9.47 Å². The Morgan fingerprint density at radius 2 is 1.75 bits per heavy atom. The zero-order valence-corrected chi connectivity index (χ0v) is 11.5. The van der Waals surface area contributed by atoms with Gasteiger partial charge in [-0.1, -0.05) is 15.9 Å². The summed E-state index contributed by atoms with van der Waals surface area (Å²) in [4.78, 5) is 0.451. The molecule has 0 radical (unpaired) electrons. The van der Waals surface area contributed by atoms with Crippen LogP contribution in [0, 0.1) is 12.8 Å². The minimum absolute atomic E-state index is 0.451. The number of rotatable bonds is 4.